The molecule has 1 aromatic carbocycles. The van der Waals surface area contributed by atoms with Crippen molar-refractivity contribution in [3.8, 4) is 11.3 Å². The van der Waals surface area contributed by atoms with Crippen LogP contribution >= 0.6 is 11.3 Å². The molecule has 210 valence electrons. The fourth-order valence-electron chi connectivity index (χ4n) is 5.51. The zero-order valence-electron chi connectivity index (χ0n) is 23.0. The van der Waals surface area contributed by atoms with E-state index in [1.54, 1.807) is 30.6 Å². The van der Waals surface area contributed by atoms with Crippen LogP contribution in [-0.4, -0.2) is 110 Å². The van der Waals surface area contributed by atoms with E-state index in [9.17, 15) is 14.4 Å². The van der Waals surface area contributed by atoms with Gasteiger partial charge in [-0.1, -0.05) is 26.0 Å². The van der Waals surface area contributed by atoms with Crippen molar-refractivity contribution >= 4 is 34.1 Å². The number of nitrogens with one attached hydrogen (secondary N) is 1. The quantitative estimate of drug-likeness (QED) is 0.527. The minimum absolute atomic E-state index is 0.0254. The first-order valence-corrected chi connectivity index (χ1v) is 14.4. The largest absolute Gasteiger partial charge is 0.377 e. The molecule has 2 amide bonds. The number of carbonyl (C=O) groups excluding carboxylic acids is 3. The lowest BCUT2D eigenvalue weighted by molar-refractivity contribution is -0.138. The number of thiazole rings is 1. The van der Waals surface area contributed by atoms with Gasteiger partial charge in [-0.15, -0.1) is 11.3 Å². The number of benzene rings is 1. The maximum Gasteiger partial charge on any atom is 0.251 e. The number of methoxy groups -OCH3 is 1. The van der Waals surface area contributed by atoms with E-state index >= 15 is 0 Å². The molecule has 4 heterocycles. The number of fused-ring (bicyclic) bond motifs is 1. The lowest BCUT2D eigenvalue weighted by Gasteiger charge is -2.32. The number of rotatable bonds is 8. The smallest absolute Gasteiger partial charge is 0.251 e. The lowest BCUT2D eigenvalue weighted by Crippen LogP contribution is -2.52. The number of piperazine rings is 1. The van der Waals surface area contributed by atoms with E-state index in [0.29, 0.717) is 12.0 Å². The SMILES string of the molecule is CO[C@H]1CN(C(=O)C(CC(C)C)NC(=O)c2ccc(-c3csc(N4CCN(C)CC4)n3)cc2)[C@@H]2C(=O)CO[C@H]12. The molecule has 3 aliphatic rings. The van der Waals surface area contributed by atoms with E-state index in [1.165, 1.54) is 4.90 Å². The van der Waals surface area contributed by atoms with Crippen molar-refractivity contribution < 1.29 is 23.9 Å². The summed E-state index contributed by atoms with van der Waals surface area (Å²) in [6, 6.07) is 5.88. The highest BCUT2D eigenvalue weighted by molar-refractivity contribution is 7.14. The van der Waals surface area contributed by atoms with Gasteiger partial charge in [0.15, 0.2) is 10.9 Å². The van der Waals surface area contributed by atoms with Crippen molar-refractivity contribution in [1.29, 1.82) is 0 Å². The molecular weight excluding hydrogens is 518 g/mol. The van der Waals surface area contributed by atoms with Crippen LogP contribution in [0.3, 0.4) is 0 Å². The molecule has 39 heavy (non-hydrogen) atoms. The second-order valence-corrected chi connectivity index (χ2v) is 11.8. The fraction of sp³-hybridized carbons (Fsp3) is 0.571. The third-order valence-corrected chi connectivity index (χ3v) is 8.64. The zero-order chi connectivity index (χ0) is 27.7. The standard InChI is InChI=1S/C28H37N5O5S/c1-17(2)13-20(27(36)33-14-23(37-4)25-24(33)22(34)15-38-25)29-26(35)19-7-5-18(6-8-19)21-16-39-28(30-21)32-11-9-31(3)10-12-32/h5-8,16-17,20,23-25H,9-15H2,1-4H3,(H,29,35)/t20?,23-,24+,25+/m0/s1. The molecule has 0 radical (unpaired) electrons. The molecule has 3 saturated heterocycles. The minimum Gasteiger partial charge on any atom is -0.377 e. The summed E-state index contributed by atoms with van der Waals surface area (Å²) < 4.78 is 11.1. The Hall–Kier alpha value is -2.86. The summed E-state index contributed by atoms with van der Waals surface area (Å²) in [7, 11) is 3.69. The molecule has 11 heteroatoms. The molecule has 10 nitrogen and oxygen atoms in total. The van der Waals surface area contributed by atoms with Gasteiger partial charge < -0.3 is 29.5 Å². The summed E-state index contributed by atoms with van der Waals surface area (Å²) in [5.41, 5.74) is 2.28. The fourth-order valence-corrected chi connectivity index (χ4v) is 6.40. The topological polar surface area (TPSA) is 104 Å². The van der Waals surface area contributed by atoms with Crippen molar-refractivity contribution in [3.05, 3.63) is 35.2 Å². The summed E-state index contributed by atoms with van der Waals surface area (Å²) in [6.45, 7) is 8.21. The molecule has 4 atom stereocenters. The predicted octanol–water partition coefficient (Wildman–Crippen LogP) is 1.90. The highest BCUT2D eigenvalue weighted by Gasteiger charge is 2.53. The van der Waals surface area contributed by atoms with Crippen molar-refractivity contribution in [2.24, 2.45) is 5.92 Å². The van der Waals surface area contributed by atoms with Crippen molar-refractivity contribution in [3.63, 3.8) is 0 Å². The van der Waals surface area contributed by atoms with Gasteiger partial charge >= 0.3 is 0 Å². The molecule has 0 bridgehead atoms. The first-order valence-electron chi connectivity index (χ1n) is 13.5. The van der Waals surface area contributed by atoms with Crippen LogP contribution in [0.5, 0.6) is 0 Å². The summed E-state index contributed by atoms with van der Waals surface area (Å²) in [5.74, 6) is -0.574. The second kappa shape index (κ2) is 11.7. The minimum atomic E-state index is -0.758. The third kappa shape index (κ3) is 5.86. The van der Waals surface area contributed by atoms with Gasteiger partial charge in [-0.2, -0.15) is 0 Å². The molecule has 5 rings (SSSR count). The van der Waals surface area contributed by atoms with Gasteiger partial charge in [-0.25, -0.2) is 4.98 Å². The highest BCUT2D eigenvalue weighted by Crippen LogP contribution is 2.31. The summed E-state index contributed by atoms with van der Waals surface area (Å²) in [4.78, 5) is 50.3. The summed E-state index contributed by atoms with van der Waals surface area (Å²) in [5, 5.41) is 5.99. The van der Waals surface area contributed by atoms with Crippen LogP contribution in [0.2, 0.25) is 0 Å². The Labute approximate surface area is 233 Å². The van der Waals surface area contributed by atoms with E-state index in [-0.39, 0.29) is 42.8 Å². The number of anilines is 1. The average Bonchev–Trinajstić information content (AvgIpc) is 3.65. The van der Waals surface area contributed by atoms with Gasteiger partial charge in [0.2, 0.25) is 5.91 Å². The Kier molecular flexibility index (Phi) is 8.32. The average molecular weight is 556 g/mol. The van der Waals surface area contributed by atoms with Gasteiger partial charge in [-0.05, 0) is 31.5 Å². The number of likely N-dealkylation sites (tertiary alicyclic amines) is 1. The van der Waals surface area contributed by atoms with Crippen molar-refractivity contribution in [1.82, 2.24) is 20.1 Å². The third-order valence-electron chi connectivity index (χ3n) is 7.74. The Morgan fingerprint density at radius 3 is 2.56 bits per heavy atom. The second-order valence-electron chi connectivity index (χ2n) is 11.0. The normalized spacial score (nSPS) is 24.3. The van der Waals surface area contributed by atoms with Crippen LogP contribution in [-0.2, 0) is 19.1 Å². The van der Waals surface area contributed by atoms with Crippen LogP contribution < -0.4 is 10.2 Å². The van der Waals surface area contributed by atoms with Crippen LogP contribution in [0.15, 0.2) is 29.6 Å². The van der Waals surface area contributed by atoms with Crippen LogP contribution in [0, 0.1) is 5.92 Å². The number of nitrogens with zero attached hydrogens (tertiary/aromatic N) is 4. The van der Waals surface area contributed by atoms with Gasteiger partial charge in [-0.3, -0.25) is 14.4 Å². The molecular formula is C28H37N5O5S. The Morgan fingerprint density at radius 2 is 1.90 bits per heavy atom. The zero-order valence-corrected chi connectivity index (χ0v) is 23.8. The maximum atomic E-state index is 13.6. The van der Waals surface area contributed by atoms with Crippen LogP contribution in [0.1, 0.15) is 30.6 Å². The number of ketones is 1. The molecule has 2 aromatic rings. The first kappa shape index (κ1) is 27.7. The number of hydrogen-bond donors (Lipinski definition) is 1. The molecule has 1 unspecified atom stereocenters. The van der Waals surface area contributed by atoms with E-state index in [4.69, 9.17) is 14.5 Å². The first-order chi connectivity index (χ1) is 18.7. The molecule has 0 spiro atoms. The predicted molar refractivity (Wildman–Crippen MR) is 149 cm³/mol. The number of likely N-dealkylation sites (N-methyl/N-ethyl adjacent to an activating group) is 1. The molecule has 3 aliphatic heterocycles. The Balaban J connectivity index is 1.26. The Morgan fingerprint density at radius 1 is 1.18 bits per heavy atom. The highest BCUT2D eigenvalue weighted by atomic mass is 32.1. The lowest BCUT2D eigenvalue weighted by atomic mass is 10.0. The molecule has 3 fully saturated rings. The monoisotopic (exact) mass is 555 g/mol. The van der Waals surface area contributed by atoms with Crippen LogP contribution in [0.4, 0.5) is 5.13 Å². The number of hydrogen-bond acceptors (Lipinski definition) is 9. The Bertz CT molecular complexity index is 1190. The number of carbonyl (C=O) groups is 3. The number of Topliss-reactive ketones (excluding diaryl/α,β-unsaturated/α-hetero) is 1. The molecule has 0 aliphatic carbocycles. The summed E-state index contributed by atoms with van der Waals surface area (Å²) >= 11 is 1.63. The van der Waals surface area contributed by atoms with Crippen molar-refractivity contribution in [2.45, 2.75) is 44.6 Å². The van der Waals surface area contributed by atoms with E-state index in [0.717, 1.165) is 42.6 Å². The number of aromatic nitrogens is 1. The number of ether oxygens (including phenoxy) is 2. The summed E-state index contributed by atoms with van der Waals surface area (Å²) in [6.07, 6.45) is -0.371. The maximum absolute atomic E-state index is 13.6. The van der Waals surface area contributed by atoms with E-state index < -0.39 is 18.2 Å². The van der Waals surface area contributed by atoms with Gasteiger partial charge in [0.25, 0.3) is 5.91 Å². The van der Waals surface area contributed by atoms with E-state index in [2.05, 4.69) is 22.2 Å². The molecule has 0 saturated carbocycles. The van der Waals surface area contributed by atoms with Gasteiger partial charge in [0.1, 0.15) is 30.9 Å². The van der Waals surface area contributed by atoms with Crippen molar-refractivity contribution in [2.75, 3.05) is 58.4 Å². The van der Waals surface area contributed by atoms with Gasteiger partial charge in [0, 0.05) is 49.8 Å². The molecule has 1 aromatic heterocycles. The van der Waals surface area contributed by atoms with Gasteiger partial charge in [0.05, 0.1) is 12.2 Å². The van der Waals surface area contributed by atoms with Crippen LogP contribution in [0.25, 0.3) is 11.3 Å². The molecule has 1 N–H and O–H groups in total. The number of amides is 2. The van der Waals surface area contributed by atoms with E-state index in [1.807, 2.05) is 31.4 Å².